The number of halogens is 1. The first kappa shape index (κ1) is 9.94. The van der Waals surface area contributed by atoms with E-state index in [1.165, 1.54) is 0 Å². The summed E-state index contributed by atoms with van der Waals surface area (Å²) in [4.78, 5) is 4.46. The second-order valence-corrected chi connectivity index (χ2v) is 3.55. The Morgan fingerprint density at radius 3 is 1.93 bits per heavy atom. The SMILES string of the molecule is Clc1ccc(N=c2cccccc2)cc1. The zero-order valence-electron chi connectivity index (χ0n) is 8.10. The summed E-state index contributed by atoms with van der Waals surface area (Å²) in [5.41, 5.74) is 0.908. The molecule has 0 aliphatic rings. The molecule has 0 aliphatic carbocycles. The Bertz CT molecular complexity index is 481. The predicted octanol–water partition coefficient (Wildman–Crippen LogP) is 3.57. The van der Waals surface area contributed by atoms with Gasteiger partial charge in [0, 0.05) is 5.02 Å². The van der Waals surface area contributed by atoms with E-state index in [1.807, 2.05) is 60.7 Å². The highest BCUT2D eigenvalue weighted by molar-refractivity contribution is 6.30. The van der Waals surface area contributed by atoms with Gasteiger partial charge in [-0.1, -0.05) is 35.9 Å². The lowest BCUT2D eigenvalue weighted by molar-refractivity contribution is 1.36. The van der Waals surface area contributed by atoms with E-state index in [-0.39, 0.29) is 0 Å². The van der Waals surface area contributed by atoms with Gasteiger partial charge in [0.05, 0.1) is 11.0 Å². The topological polar surface area (TPSA) is 12.4 Å². The molecule has 1 nitrogen and oxygen atoms in total. The van der Waals surface area contributed by atoms with Gasteiger partial charge in [0.15, 0.2) is 0 Å². The fourth-order valence-corrected chi connectivity index (χ4v) is 1.36. The van der Waals surface area contributed by atoms with Crippen LogP contribution < -0.4 is 5.36 Å². The Balaban J connectivity index is 2.43. The first-order valence-electron chi connectivity index (χ1n) is 4.70. The van der Waals surface area contributed by atoms with Crippen LogP contribution >= 0.6 is 11.6 Å². The van der Waals surface area contributed by atoms with Crippen LogP contribution in [0, 0.1) is 0 Å². The molecule has 0 aromatic heterocycles. The van der Waals surface area contributed by atoms with Crippen molar-refractivity contribution in [2.45, 2.75) is 0 Å². The molecule has 0 unspecified atom stereocenters. The molecule has 2 aromatic rings. The zero-order valence-corrected chi connectivity index (χ0v) is 8.85. The molecule has 0 fully saturated rings. The summed E-state index contributed by atoms with van der Waals surface area (Å²) >= 11 is 5.79. The van der Waals surface area contributed by atoms with Crippen molar-refractivity contribution in [1.29, 1.82) is 0 Å². The highest BCUT2D eigenvalue weighted by Crippen LogP contribution is 2.15. The lowest BCUT2D eigenvalue weighted by Gasteiger charge is -1.91. The minimum absolute atomic E-state index is 0.729. The van der Waals surface area contributed by atoms with E-state index in [9.17, 15) is 0 Å². The van der Waals surface area contributed by atoms with Crippen LogP contribution in [0.4, 0.5) is 5.69 Å². The van der Waals surface area contributed by atoms with Crippen LogP contribution in [0.2, 0.25) is 5.02 Å². The van der Waals surface area contributed by atoms with Gasteiger partial charge in [-0.3, -0.25) is 0 Å². The Labute approximate surface area is 93.7 Å². The molecule has 74 valence electrons. The molecule has 0 atom stereocenters. The Morgan fingerprint density at radius 1 is 0.733 bits per heavy atom. The van der Waals surface area contributed by atoms with E-state index in [0.29, 0.717) is 0 Å². The summed E-state index contributed by atoms with van der Waals surface area (Å²) in [5.74, 6) is 0. The van der Waals surface area contributed by atoms with E-state index in [0.717, 1.165) is 16.1 Å². The molecule has 2 aromatic carbocycles. The quantitative estimate of drug-likeness (QED) is 0.690. The number of nitrogens with zero attached hydrogens (tertiary/aromatic N) is 1. The van der Waals surface area contributed by atoms with Gasteiger partial charge < -0.3 is 0 Å². The molecule has 2 rings (SSSR count). The van der Waals surface area contributed by atoms with Gasteiger partial charge in [0.2, 0.25) is 0 Å². The maximum Gasteiger partial charge on any atom is 0.0637 e. The molecule has 0 saturated carbocycles. The first-order valence-corrected chi connectivity index (χ1v) is 5.08. The van der Waals surface area contributed by atoms with Crippen molar-refractivity contribution in [2.75, 3.05) is 0 Å². The van der Waals surface area contributed by atoms with Crippen molar-refractivity contribution >= 4 is 17.3 Å². The first-order chi connectivity index (χ1) is 7.34. The summed E-state index contributed by atoms with van der Waals surface area (Å²) in [6, 6.07) is 19.3. The Hall–Kier alpha value is -1.60. The second kappa shape index (κ2) is 4.76. The van der Waals surface area contributed by atoms with Crippen LogP contribution in [-0.2, 0) is 0 Å². The number of benzene rings is 1. The average Bonchev–Trinajstić information content (AvgIpc) is 2.50. The fourth-order valence-electron chi connectivity index (χ4n) is 1.23. The standard InChI is InChI=1S/C13H10ClN/c14-11-7-9-13(10-8-11)15-12-5-3-1-2-4-6-12/h1-10H. The van der Waals surface area contributed by atoms with Crippen molar-refractivity contribution in [1.82, 2.24) is 0 Å². The molecule has 0 aliphatic heterocycles. The van der Waals surface area contributed by atoms with Crippen LogP contribution in [-0.4, -0.2) is 0 Å². The van der Waals surface area contributed by atoms with Crippen LogP contribution in [0.15, 0.2) is 65.7 Å². The molecule has 0 N–H and O–H groups in total. The third-order valence-electron chi connectivity index (χ3n) is 1.95. The third kappa shape index (κ3) is 2.93. The molecule has 15 heavy (non-hydrogen) atoms. The summed E-state index contributed by atoms with van der Waals surface area (Å²) < 4.78 is 0. The molecule has 0 spiro atoms. The molecular formula is C13H10ClN. The largest absolute Gasteiger partial charge is 0.249 e. The second-order valence-electron chi connectivity index (χ2n) is 3.12. The number of hydrogen-bond acceptors (Lipinski definition) is 1. The van der Waals surface area contributed by atoms with Crippen molar-refractivity contribution in [3.8, 4) is 0 Å². The van der Waals surface area contributed by atoms with E-state index in [2.05, 4.69) is 4.99 Å². The van der Waals surface area contributed by atoms with Crippen LogP contribution in [0.5, 0.6) is 0 Å². The smallest absolute Gasteiger partial charge is 0.0637 e. The summed E-state index contributed by atoms with van der Waals surface area (Å²) in [6.07, 6.45) is 0. The van der Waals surface area contributed by atoms with Gasteiger partial charge in [-0.2, -0.15) is 0 Å². The summed E-state index contributed by atoms with van der Waals surface area (Å²) in [5, 5.41) is 1.66. The van der Waals surface area contributed by atoms with Crippen molar-refractivity contribution in [3.63, 3.8) is 0 Å². The Kier molecular flexibility index (Phi) is 3.15. The normalized spacial score (nSPS) is 9.67. The van der Waals surface area contributed by atoms with Crippen molar-refractivity contribution in [3.05, 3.63) is 71.0 Å². The molecule has 0 bridgehead atoms. The monoisotopic (exact) mass is 215 g/mol. The molecule has 0 saturated heterocycles. The molecule has 0 radical (unpaired) electrons. The van der Waals surface area contributed by atoms with Gasteiger partial charge >= 0.3 is 0 Å². The maximum atomic E-state index is 5.79. The predicted molar refractivity (Wildman–Crippen MR) is 63.1 cm³/mol. The van der Waals surface area contributed by atoms with Crippen LogP contribution in [0.25, 0.3) is 0 Å². The maximum absolute atomic E-state index is 5.79. The van der Waals surface area contributed by atoms with Gasteiger partial charge in [-0.15, -0.1) is 0 Å². The van der Waals surface area contributed by atoms with Crippen LogP contribution in [0.3, 0.4) is 0 Å². The van der Waals surface area contributed by atoms with Gasteiger partial charge in [-0.05, 0) is 36.4 Å². The van der Waals surface area contributed by atoms with E-state index < -0.39 is 0 Å². The number of rotatable bonds is 1. The van der Waals surface area contributed by atoms with E-state index in [4.69, 9.17) is 11.6 Å². The minimum atomic E-state index is 0.729. The fraction of sp³-hybridized carbons (Fsp3) is 0. The van der Waals surface area contributed by atoms with Gasteiger partial charge in [-0.25, -0.2) is 4.99 Å². The summed E-state index contributed by atoms with van der Waals surface area (Å²) in [6.45, 7) is 0. The molecule has 0 heterocycles. The highest BCUT2D eigenvalue weighted by Gasteiger charge is 1.88. The highest BCUT2D eigenvalue weighted by atomic mass is 35.5. The molecule has 2 heteroatoms. The van der Waals surface area contributed by atoms with E-state index in [1.54, 1.807) is 0 Å². The van der Waals surface area contributed by atoms with Crippen molar-refractivity contribution < 1.29 is 0 Å². The molecular weight excluding hydrogens is 206 g/mol. The summed E-state index contributed by atoms with van der Waals surface area (Å²) in [7, 11) is 0. The lowest BCUT2D eigenvalue weighted by Crippen LogP contribution is -1.93. The lowest BCUT2D eigenvalue weighted by atomic mass is 10.3. The molecule has 0 amide bonds. The van der Waals surface area contributed by atoms with E-state index >= 15 is 0 Å². The minimum Gasteiger partial charge on any atom is -0.249 e. The van der Waals surface area contributed by atoms with Gasteiger partial charge in [0.25, 0.3) is 0 Å². The van der Waals surface area contributed by atoms with Crippen molar-refractivity contribution in [2.24, 2.45) is 4.99 Å². The Morgan fingerprint density at radius 2 is 1.33 bits per heavy atom. The third-order valence-corrected chi connectivity index (χ3v) is 2.20. The van der Waals surface area contributed by atoms with Gasteiger partial charge in [0.1, 0.15) is 0 Å². The zero-order chi connectivity index (χ0) is 10.5. The van der Waals surface area contributed by atoms with Crippen LogP contribution in [0.1, 0.15) is 0 Å². The number of hydrogen-bond donors (Lipinski definition) is 0. The average molecular weight is 216 g/mol.